The van der Waals surface area contributed by atoms with Gasteiger partial charge in [0.15, 0.2) is 0 Å². The van der Waals surface area contributed by atoms with Crippen LogP contribution in [0, 0.1) is 5.41 Å². The molecular formula is C27H30N4O2. The highest BCUT2D eigenvalue weighted by atomic mass is 16.2. The highest BCUT2D eigenvalue weighted by Crippen LogP contribution is 2.36. The number of pyridine rings is 2. The summed E-state index contributed by atoms with van der Waals surface area (Å²) in [6.07, 6.45) is 9.50. The zero-order chi connectivity index (χ0) is 23.3. The van der Waals surface area contributed by atoms with Gasteiger partial charge in [0.25, 0.3) is 0 Å². The average Bonchev–Trinajstić information content (AvgIpc) is 2.85. The zero-order valence-corrected chi connectivity index (χ0v) is 19.3. The van der Waals surface area contributed by atoms with Gasteiger partial charge in [-0.1, -0.05) is 30.3 Å². The summed E-state index contributed by atoms with van der Waals surface area (Å²) >= 11 is 0. The first-order chi connectivity index (χ1) is 16.0. The summed E-state index contributed by atoms with van der Waals surface area (Å²) in [6, 6.07) is 16.1. The lowest BCUT2D eigenvalue weighted by molar-refractivity contribution is -0.147. The van der Waals surface area contributed by atoms with Crippen molar-refractivity contribution in [2.24, 2.45) is 5.41 Å². The van der Waals surface area contributed by atoms with Crippen LogP contribution in [0.5, 0.6) is 0 Å². The van der Waals surface area contributed by atoms with Crippen molar-refractivity contribution in [1.82, 2.24) is 19.8 Å². The van der Waals surface area contributed by atoms with Gasteiger partial charge in [-0.15, -0.1) is 0 Å². The molecule has 0 unspecified atom stereocenters. The fourth-order valence-electron chi connectivity index (χ4n) is 4.75. The molecule has 0 saturated carbocycles. The van der Waals surface area contributed by atoms with Crippen LogP contribution in [0.3, 0.4) is 0 Å². The van der Waals surface area contributed by atoms with Gasteiger partial charge < -0.3 is 9.80 Å². The summed E-state index contributed by atoms with van der Waals surface area (Å²) < 4.78 is 0. The normalized spacial score (nSPS) is 18.1. The molecule has 0 radical (unpaired) electrons. The van der Waals surface area contributed by atoms with Crippen LogP contribution in [0.1, 0.15) is 24.0 Å². The van der Waals surface area contributed by atoms with Crippen LogP contribution in [0.25, 0.3) is 11.1 Å². The maximum Gasteiger partial charge on any atom is 0.230 e. The van der Waals surface area contributed by atoms with E-state index in [0.29, 0.717) is 25.9 Å². The Hall–Kier alpha value is -3.54. The van der Waals surface area contributed by atoms with Gasteiger partial charge in [0, 0.05) is 52.0 Å². The van der Waals surface area contributed by atoms with Crippen LogP contribution in [-0.2, 0) is 22.4 Å². The molecule has 1 fully saturated rings. The number of carbonyl (C=O) groups excluding carboxylic acids is 2. The minimum Gasteiger partial charge on any atom is -0.348 e. The summed E-state index contributed by atoms with van der Waals surface area (Å²) in [6.45, 7) is 1.12. The molecule has 170 valence electrons. The Morgan fingerprint density at radius 3 is 2.33 bits per heavy atom. The third kappa shape index (κ3) is 5.28. The molecular weight excluding hydrogens is 412 g/mol. The molecule has 6 nitrogen and oxygen atoms in total. The first-order valence-corrected chi connectivity index (χ1v) is 11.3. The van der Waals surface area contributed by atoms with E-state index >= 15 is 0 Å². The Kier molecular flexibility index (Phi) is 6.82. The minimum atomic E-state index is -0.621. The number of benzene rings is 1. The Labute approximate surface area is 195 Å². The zero-order valence-electron chi connectivity index (χ0n) is 19.3. The van der Waals surface area contributed by atoms with E-state index in [9.17, 15) is 9.59 Å². The topological polar surface area (TPSA) is 66.4 Å². The van der Waals surface area contributed by atoms with Gasteiger partial charge in [-0.05, 0) is 59.7 Å². The van der Waals surface area contributed by atoms with E-state index in [1.54, 1.807) is 43.8 Å². The summed E-state index contributed by atoms with van der Waals surface area (Å²) in [5, 5.41) is 0. The molecule has 4 rings (SSSR count). The second-order valence-corrected chi connectivity index (χ2v) is 9.05. The maximum atomic E-state index is 13.4. The van der Waals surface area contributed by atoms with Gasteiger partial charge in [0.1, 0.15) is 0 Å². The Morgan fingerprint density at radius 2 is 1.67 bits per heavy atom. The van der Waals surface area contributed by atoms with E-state index in [4.69, 9.17) is 0 Å². The van der Waals surface area contributed by atoms with Gasteiger partial charge in [0.2, 0.25) is 11.8 Å². The number of hydrogen-bond acceptors (Lipinski definition) is 4. The standard InChI is InChI=1S/C27H30N4O2/c1-30(2)26(33)27(18-21-6-8-23(9-7-21)24-10-14-28-15-11-24)12-4-16-31(20-27)25(32)17-22-5-3-13-29-19-22/h3,5-11,13-15,19H,4,12,16-18,20H2,1-2H3/t27-/m0/s1. The number of piperidine rings is 1. The van der Waals surface area contributed by atoms with Crippen LogP contribution >= 0.6 is 0 Å². The highest BCUT2D eigenvalue weighted by Gasteiger charge is 2.44. The van der Waals surface area contributed by atoms with Crippen molar-refractivity contribution in [3.05, 3.63) is 84.4 Å². The average molecular weight is 443 g/mol. The fraction of sp³-hybridized carbons (Fsp3) is 0.333. The smallest absolute Gasteiger partial charge is 0.230 e. The van der Waals surface area contributed by atoms with Crippen LogP contribution in [-0.4, -0.2) is 58.8 Å². The number of likely N-dealkylation sites (tertiary alicyclic amines) is 1. The number of rotatable bonds is 6. The molecule has 0 bridgehead atoms. The van der Waals surface area contributed by atoms with Crippen LogP contribution in [0.4, 0.5) is 0 Å². The minimum absolute atomic E-state index is 0.0478. The highest BCUT2D eigenvalue weighted by molar-refractivity contribution is 5.85. The third-order valence-corrected chi connectivity index (χ3v) is 6.38. The SMILES string of the molecule is CN(C)C(=O)[C@]1(Cc2ccc(-c3ccncc3)cc2)CCCN(C(=O)Cc2cccnc2)C1. The van der Waals surface area contributed by atoms with E-state index in [0.717, 1.165) is 35.1 Å². The quantitative estimate of drug-likeness (QED) is 0.585. The largest absolute Gasteiger partial charge is 0.348 e. The molecule has 0 N–H and O–H groups in total. The summed E-state index contributed by atoms with van der Waals surface area (Å²) in [5.74, 6) is 0.131. The molecule has 1 atom stereocenters. The van der Waals surface area contributed by atoms with Gasteiger partial charge in [-0.25, -0.2) is 0 Å². The Balaban J connectivity index is 1.54. The van der Waals surface area contributed by atoms with E-state index in [1.807, 2.05) is 29.2 Å². The molecule has 0 spiro atoms. The lowest BCUT2D eigenvalue weighted by atomic mass is 9.73. The number of carbonyl (C=O) groups is 2. The second-order valence-electron chi connectivity index (χ2n) is 9.05. The molecule has 1 saturated heterocycles. The molecule has 2 amide bonds. The van der Waals surface area contributed by atoms with Crippen molar-refractivity contribution in [2.75, 3.05) is 27.2 Å². The molecule has 6 heteroatoms. The monoisotopic (exact) mass is 442 g/mol. The number of nitrogens with zero attached hydrogens (tertiary/aromatic N) is 4. The van der Waals surface area contributed by atoms with E-state index in [1.165, 1.54) is 0 Å². The predicted molar refractivity (Wildman–Crippen MR) is 128 cm³/mol. The van der Waals surface area contributed by atoms with E-state index < -0.39 is 5.41 Å². The summed E-state index contributed by atoms with van der Waals surface area (Å²) in [7, 11) is 3.60. The van der Waals surface area contributed by atoms with Crippen molar-refractivity contribution in [2.45, 2.75) is 25.7 Å². The molecule has 1 aromatic carbocycles. The molecule has 3 aromatic rings. The first-order valence-electron chi connectivity index (χ1n) is 11.3. The third-order valence-electron chi connectivity index (χ3n) is 6.38. The van der Waals surface area contributed by atoms with Crippen LogP contribution in [0.15, 0.2) is 73.3 Å². The van der Waals surface area contributed by atoms with E-state index in [2.05, 4.69) is 34.2 Å². The number of amides is 2. The maximum absolute atomic E-state index is 13.4. The van der Waals surface area contributed by atoms with Crippen molar-refractivity contribution in [1.29, 1.82) is 0 Å². The van der Waals surface area contributed by atoms with Crippen molar-refractivity contribution in [3.63, 3.8) is 0 Å². The lowest BCUT2D eigenvalue weighted by Gasteiger charge is -2.43. The number of aromatic nitrogens is 2. The molecule has 0 aliphatic carbocycles. The Morgan fingerprint density at radius 1 is 0.939 bits per heavy atom. The molecule has 2 aromatic heterocycles. The lowest BCUT2D eigenvalue weighted by Crippen LogP contribution is -2.54. The summed E-state index contributed by atoms with van der Waals surface area (Å²) in [4.78, 5) is 38.2. The Bertz CT molecular complexity index is 1080. The van der Waals surface area contributed by atoms with Crippen LogP contribution in [0.2, 0.25) is 0 Å². The fourth-order valence-corrected chi connectivity index (χ4v) is 4.75. The van der Waals surface area contributed by atoms with Crippen LogP contribution < -0.4 is 0 Å². The summed E-state index contributed by atoms with van der Waals surface area (Å²) in [5.41, 5.74) is 3.60. The van der Waals surface area contributed by atoms with Gasteiger partial charge in [0.05, 0.1) is 11.8 Å². The van der Waals surface area contributed by atoms with Gasteiger partial charge in [-0.2, -0.15) is 0 Å². The molecule has 33 heavy (non-hydrogen) atoms. The predicted octanol–water partition coefficient (Wildman–Crippen LogP) is 3.63. The van der Waals surface area contributed by atoms with Gasteiger partial charge >= 0.3 is 0 Å². The number of hydrogen-bond donors (Lipinski definition) is 0. The molecule has 3 heterocycles. The van der Waals surface area contributed by atoms with Crippen molar-refractivity contribution < 1.29 is 9.59 Å². The second kappa shape index (κ2) is 9.94. The molecule has 1 aliphatic heterocycles. The first kappa shape index (κ1) is 22.6. The van der Waals surface area contributed by atoms with Crippen molar-refractivity contribution >= 4 is 11.8 Å². The van der Waals surface area contributed by atoms with E-state index in [-0.39, 0.29) is 11.8 Å². The van der Waals surface area contributed by atoms with Crippen molar-refractivity contribution in [3.8, 4) is 11.1 Å². The molecule has 1 aliphatic rings. The van der Waals surface area contributed by atoms with Gasteiger partial charge in [-0.3, -0.25) is 19.6 Å².